The third-order valence-corrected chi connectivity index (χ3v) is 6.63. The van der Waals surface area contributed by atoms with Gasteiger partial charge in [0, 0.05) is 51.2 Å². The highest BCUT2D eigenvalue weighted by molar-refractivity contribution is 5.52. The van der Waals surface area contributed by atoms with Gasteiger partial charge >= 0.3 is 0 Å². The van der Waals surface area contributed by atoms with Gasteiger partial charge in [-0.3, -0.25) is 9.69 Å². The molecule has 0 unspecified atom stereocenters. The van der Waals surface area contributed by atoms with E-state index in [0.717, 1.165) is 58.7 Å². The molecule has 172 valence electrons. The Labute approximate surface area is 192 Å². The summed E-state index contributed by atoms with van der Waals surface area (Å²) in [5.41, 5.74) is 2.64. The number of nitrogens with one attached hydrogen (secondary N) is 1. The van der Waals surface area contributed by atoms with E-state index < -0.39 is 0 Å². The average molecular weight is 436 g/mol. The van der Waals surface area contributed by atoms with Crippen LogP contribution in [0, 0.1) is 0 Å². The van der Waals surface area contributed by atoms with Crippen LogP contribution in [-0.4, -0.2) is 64.7 Å². The Morgan fingerprint density at radius 2 is 1.78 bits per heavy atom. The van der Waals surface area contributed by atoms with Gasteiger partial charge in [-0.05, 0) is 51.3 Å². The lowest BCUT2D eigenvalue weighted by molar-refractivity contribution is 0.220. The Morgan fingerprint density at radius 3 is 2.53 bits per heavy atom. The normalized spacial score (nSPS) is 19.2. The molecule has 0 atom stereocenters. The highest BCUT2D eigenvalue weighted by atomic mass is 16.1. The summed E-state index contributed by atoms with van der Waals surface area (Å²) in [4.78, 5) is 22.2. The van der Waals surface area contributed by atoms with Crippen LogP contribution in [-0.2, 0) is 6.54 Å². The minimum absolute atomic E-state index is 0.00794. The van der Waals surface area contributed by atoms with Crippen molar-refractivity contribution >= 4 is 11.9 Å². The molecular weight excluding hydrogens is 398 g/mol. The fourth-order valence-corrected chi connectivity index (χ4v) is 4.82. The Kier molecular flexibility index (Phi) is 8.13. The van der Waals surface area contributed by atoms with Gasteiger partial charge in [-0.2, -0.15) is 0 Å². The topological polar surface area (TPSA) is 53.4 Å². The van der Waals surface area contributed by atoms with E-state index in [-0.39, 0.29) is 5.56 Å². The minimum Gasteiger partial charge on any atom is -0.363 e. The van der Waals surface area contributed by atoms with Crippen molar-refractivity contribution in [3.05, 3.63) is 64.2 Å². The Hall–Kier alpha value is -2.44. The van der Waals surface area contributed by atoms with Gasteiger partial charge in [0.15, 0.2) is 5.82 Å². The van der Waals surface area contributed by atoms with Crippen LogP contribution < -0.4 is 10.9 Å². The number of rotatable bonds is 8. The lowest BCUT2D eigenvalue weighted by Gasteiger charge is -2.32. The number of piperidine rings is 2. The van der Waals surface area contributed by atoms with Gasteiger partial charge in [0.05, 0.1) is 0 Å². The first-order valence-corrected chi connectivity index (χ1v) is 12.2. The molecule has 0 radical (unpaired) electrons. The molecule has 0 amide bonds. The van der Waals surface area contributed by atoms with Crippen LogP contribution in [0.5, 0.6) is 0 Å². The number of hydrogen-bond acceptors (Lipinski definition) is 5. The predicted molar refractivity (Wildman–Crippen MR) is 132 cm³/mol. The maximum absolute atomic E-state index is 12.9. The zero-order chi connectivity index (χ0) is 22.2. The van der Waals surface area contributed by atoms with E-state index in [1.54, 1.807) is 6.20 Å². The molecule has 0 saturated carbocycles. The first-order valence-electron chi connectivity index (χ1n) is 12.2. The average Bonchev–Trinajstić information content (AvgIpc) is 2.82. The van der Waals surface area contributed by atoms with Gasteiger partial charge < -0.3 is 14.8 Å². The zero-order valence-electron chi connectivity index (χ0n) is 19.4. The lowest BCUT2D eigenvalue weighted by Crippen LogP contribution is -2.41. The molecule has 2 saturated heterocycles. The molecule has 0 bridgehead atoms. The quantitative estimate of drug-likeness (QED) is 0.685. The molecule has 0 aliphatic carbocycles. The number of nitrogens with zero attached hydrogens (tertiary/aromatic N) is 4. The van der Waals surface area contributed by atoms with Crippen molar-refractivity contribution in [2.24, 2.45) is 0 Å². The summed E-state index contributed by atoms with van der Waals surface area (Å²) in [5.74, 6) is 0.504. The summed E-state index contributed by atoms with van der Waals surface area (Å²) in [6.07, 6.45) is 11.8. The van der Waals surface area contributed by atoms with Crippen LogP contribution in [0.4, 0.5) is 5.82 Å². The number of hydrogen-bond donors (Lipinski definition) is 1. The summed E-state index contributed by atoms with van der Waals surface area (Å²) >= 11 is 0. The highest BCUT2D eigenvalue weighted by Gasteiger charge is 2.20. The maximum atomic E-state index is 12.9. The summed E-state index contributed by atoms with van der Waals surface area (Å²) < 4.78 is 1.82. The van der Waals surface area contributed by atoms with Crippen molar-refractivity contribution in [2.45, 2.75) is 51.6 Å². The van der Waals surface area contributed by atoms with Crippen molar-refractivity contribution in [3.63, 3.8) is 0 Å². The smallest absolute Gasteiger partial charge is 0.293 e. The summed E-state index contributed by atoms with van der Waals surface area (Å²) in [6, 6.07) is 10.8. The molecule has 1 aromatic carbocycles. The summed E-state index contributed by atoms with van der Waals surface area (Å²) in [5, 5.41) is 3.44. The lowest BCUT2D eigenvalue weighted by atomic mass is 10.0. The van der Waals surface area contributed by atoms with Crippen LogP contribution in [0.2, 0.25) is 0 Å². The van der Waals surface area contributed by atoms with Gasteiger partial charge in [0.25, 0.3) is 5.56 Å². The molecule has 32 heavy (non-hydrogen) atoms. The molecule has 4 rings (SSSR count). The number of aromatic nitrogens is 2. The van der Waals surface area contributed by atoms with Crippen molar-refractivity contribution in [3.8, 4) is 0 Å². The van der Waals surface area contributed by atoms with Crippen LogP contribution in [0.25, 0.3) is 6.08 Å². The maximum Gasteiger partial charge on any atom is 0.293 e. The molecule has 3 heterocycles. The number of benzene rings is 1. The van der Waals surface area contributed by atoms with E-state index >= 15 is 0 Å². The predicted octanol–water partition coefficient (Wildman–Crippen LogP) is 3.71. The van der Waals surface area contributed by atoms with Crippen LogP contribution in [0.15, 0.2) is 53.1 Å². The summed E-state index contributed by atoms with van der Waals surface area (Å²) in [6.45, 7) is 9.26. The Bertz CT molecular complexity index is 925. The van der Waals surface area contributed by atoms with Gasteiger partial charge in [-0.15, -0.1) is 0 Å². The van der Waals surface area contributed by atoms with E-state index in [2.05, 4.69) is 63.4 Å². The second-order valence-corrected chi connectivity index (χ2v) is 9.27. The molecule has 6 heteroatoms. The monoisotopic (exact) mass is 435 g/mol. The molecular formula is C26H37N5O. The van der Waals surface area contributed by atoms with Crippen molar-refractivity contribution < 1.29 is 0 Å². The first-order chi connectivity index (χ1) is 15.7. The van der Waals surface area contributed by atoms with E-state index in [4.69, 9.17) is 0 Å². The van der Waals surface area contributed by atoms with Gasteiger partial charge in [-0.1, -0.05) is 48.4 Å². The SMILES string of the molecule is C/C(=C\c1ccccc1)CN1CCC(Nc2nccn(CCN3CCCCC3)c2=O)CC1. The van der Waals surface area contributed by atoms with E-state index in [0.29, 0.717) is 11.9 Å². The molecule has 6 nitrogen and oxygen atoms in total. The second kappa shape index (κ2) is 11.4. The van der Waals surface area contributed by atoms with Crippen molar-refractivity contribution in [1.29, 1.82) is 0 Å². The van der Waals surface area contributed by atoms with E-state index in [1.165, 1.54) is 30.4 Å². The fraction of sp³-hybridized carbons (Fsp3) is 0.538. The molecule has 2 fully saturated rings. The van der Waals surface area contributed by atoms with E-state index in [1.807, 2.05) is 10.8 Å². The fourth-order valence-electron chi connectivity index (χ4n) is 4.82. The molecule has 2 aliphatic heterocycles. The van der Waals surface area contributed by atoms with Crippen molar-refractivity contribution in [1.82, 2.24) is 19.4 Å². The third kappa shape index (κ3) is 6.53. The molecule has 0 spiro atoms. The Morgan fingerprint density at radius 1 is 1.03 bits per heavy atom. The molecule has 2 aromatic rings. The highest BCUT2D eigenvalue weighted by Crippen LogP contribution is 2.16. The van der Waals surface area contributed by atoms with Crippen LogP contribution in [0.3, 0.4) is 0 Å². The van der Waals surface area contributed by atoms with Gasteiger partial charge in [0.1, 0.15) is 0 Å². The van der Waals surface area contributed by atoms with Crippen molar-refractivity contribution in [2.75, 3.05) is 44.6 Å². The summed E-state index contributed by atoms with van der Waals surface area (Å²) in [7, 11) is 0. The standard InChI is InChI=1S/C26H37N5O/c1-22(20-23-8-4-2-5-9-23)21-30-15-10-24(11-16-30)28-25-26(32)31(17-12-27-25)19-18-29-13-6-3-7-14-29/h2,4-5,8-9,12,17,20,24H,3,6-7,10-11,13-16,18-19,21H2,1H3,(H,27,28)/b22-20+. The van der Waals surface area contributed by atoms with Gasteiger partial charge in [-0.25, -0.2) is 4.98 Å². The Balaban J connectivity index is 1.26. The largest absolute Gasteiger partial charge is 0.363 e. The third-order valence-electron chi connectivity index (χ3n) is 6.63. The van der Waals surface area contributed by atoms with Crippen LogP contribution >= 0.6 is 0 Å². The van der Waals surface area contributed by atoms with Crippen LogP contribution in [0.1, 0.15) is 44.6 Å². The number of likely N-dealkylation sites (tertiary alicyclic amines) is 2. The minimum atomic E-state index is 0.00794. The molecule has 1 aromatic heterocycles. The van der Waals surface area contributed by atoms with Gasteiger partial charge in [0.2, 0.25) is 0 Å². The molecule has 1 N–H and O–H groups in total. The molecule has 2 aliphatic rings. The zero-order valence-corrected chi connectivity index (χ0v) is 19.4. The first kappa shape index (κ1) is 22.7. The second-order valence-electron chi connectivity index (χ2n) is 9.27. The van der Waals surface area contributed by atoms with E-state index in [9.17, 15) is 4.79 Å². The number of anilines is 1.